The lowest BCUT2D eigenvalue weighted by Gasteiger charge is -2.43. The van der Waals surface area contributed by atoms with Crippen molar-refractivity contribution in [1.29, 1.82) is 0 Å². The van der Waals surface area contributed by atoms with Gasteiger partial charge in [-0.1, -0.05) is 30.7 Å². The van der Waals surface area contributed by atoms with Gasteiger partial charge in [0.2, 0.25) is 0 Å². The molecule has 2 nitrogen and oxygen atoms in total. The van der Waals surface area contributed by atoms with Crippen molar-refractivity contribution >= 4 is 0 Å². The van der Waals surface area contributed by atoms with E-state index in [9.17, 15) is 0 Å². The van der Waals surface area contributed by atoms with Gasteiger partial charge in [0.15, 0.2) is 0 Å². The lowest BCUT2D eigenvalue weighted by atomic mass is 9.82. The molecule has 0 amide bonds. The minimum atomic E-state index is 0.0799. The van der Waals surface area contributed by atoms with E-state index in [-0.39, 0.29) is 11.6 Å². The van der Waals surface area contributed by atoms with Crippen LogP contribution in [0.5, 0.6) is 0 Å². The van der Waals surface area contributed by atoms with E-state index in [1.165, 1.54) is 42.6 Å². The van der Waals surface area contributed by atoms with E-state index in [1.807, 2.05) is 0 Å². The average Bonchev–Trinajstić information content (AvgIpc) is 2.91. The summed E-state index contributed by atoms with van der Waals surface area (Å²) in [6, 6.07) is 6.74. The van der Waals surface area contributed by atoms with Crippen LogP contribution in [0.1, 0.15) is 55.8 Å². The van der Waals surface area contributed by atoms with E-state index in [2.05, 4.69) is 50.8 Å². The third-order valence-corrected chi connectivity index (χ3v) is 4.97. The fourth-order valence-electron chi connectivity index (χ4n) is 3.38. The highest BCUT2D eigenvalue weighted by Gasteiger charge is 2.38. The zero-order valence-corrected chi connectivity index (χ0v) is 12.9. The molecule has 2 unspecified atom stereocenters. The summed E-state index contributed by atoms with van der Waals surface area (Å²) in [6.45, 7) is 11.3. The quantitative estimate of drug-likeness (QED) is 0.896. The molecule has 0 spiro atoms. The molecule has 1 aromatic carbocycles. The summed E-state index contributed by atoms with van der Waals surface area (Å²) in [5, 5.41) is 0. The van der Waals surface area contributed by atoms with Crippen LogP contribution < -0.4 is 5.73 Å². The summed E-state index contributed by atoms with van der Waals surface area (Å²) < 4.78 is 0. The van der Waals surface area contributed by atoms with Crippen LogP contribution in [0.3, 0.4) is 0 Å². The normalized spacial score (nSPS) is 21.3. The molecule has 2 heteroatoms. The third-order valence-electron chi connectivity index (χ3n) is 4.97. The molecule has 0 aromatic heterocycles. The highest BCUT2D eigenvalue weighted by molar-refractivity contribution is 5.34. The molecule has 1 fully saturated rings. The maximum Gasteiger partial charge on any atom is 0.0481 e. The first-order valence-electron chi connectivity index (χ1n) is 7.57. The minimum Gasteiger partial charge on any atom is -0.322 e. The second-order valence-electron chi connectivity index (χ2n) is 6.24. The summed E-state index contributed by atoms with van der Waals surface area (Å²) in [6.07, 6.45) is 3.73. The van der Waals surface area contributed by atoms with Crippen LogP contribution in [-0.4, -0.2) is 23.5 Å². The van der Waals surface area contributed by atoms with Gasteiger partial charge in [-0.3, -0.25) is 4.90 Å². The molecule has 2 atom stereocenters. The number of nitrogens with zero attached hydrogens (tertiary/aromatic N) is 1. The second-order valence-corrected chi connectivity index (χ2v) is 6.24. The maximum atomic E-state index is 6.67. The number of rotatable bonds is 4. The maximum absolute atomic E-state index is 6.67. The Labute approximate surface area is 118 Å². The van der Waals surface area contributed by atoms with Crippen molar-refractivity contribution in [2.24, 2.45) is 5.73 Å². The van der Waals surface area contributed by atoms with Gasteiger partial charge in [-0.25, -0.2) is 0 Å². The summed E-state index contributed by atoms with van der Waals surface area (Å²) >= 11 is 0. The van der Waals surface area contributed by atoms with E-state index in [1.54, 1.807) is 0 Å². The van der Waals surface area contributed by atoms with Crippen molar-refractivity contribution in [3.8, 4) is 0 Å². The van der Waals surface area contributed by atoms with E-state index in [0.29, 0.717) is 0 Å². The van der Waals surface area contributed by atoms with Crippen molar-refractivity contribution in [2.75, 3.05) is 13.1 Å². The highest BCUT2D eigenvalue weighted by Crippen LogP contribution is 2.36. The van der Waals surface area contributed by atoms with Crippen LogP contribution in [0.15, 0.2) is 18.2 Å². The Bertz CT molecular complexity index is 435. The zero-order valence-electron chi connectivity index (χ0n) is 12.9. The Morgan fingerprint density at radius 3 is 2.42 bits per heavy atom. The van der Waals surface area contributed by atoms with Gasteiger partial charge in [0.05, 0.1) is 0 Å². The molecule has 2 N–H and O–H groups in total. The highest BCUT2D eigenvalue weighted by atomic mass is 15.2. The molecule has 1 aliphatic heterocycles. The Morgan fingerprint density at radius 2 is 1.89 bits per heavy atom. The second kappa shape index (κ2) is 5.64. The van der Waals surface area contributed by atoms with Crippen LogP contribution in [-0.2, 0) is 0 Å². The molecule has 2 rings (SSSR count). The minimum absolute atomic E-state index is 0.0799. The number of hydrogen-bond donors (Lipinski definition) is 1. The third kappa shape index (κ3) is 2.70. The average molecular weight is 260 g/mol. The number of nitrogens with two attached hydrogens (primary N) is 1. The van der Waals surface area contributed by atoms with Gasteiger partial charge in [-0.15, -0.1) is 0 Å². The van der Waals surface area contributed by atoms with Crippen molar-refractivity contribution < 1.29 is 0 Å². The van der Waals surface area contributed by atoms with Crippen LogP contribution in [0.25, 0.3) is 0 Å². The predicted octanol–water partition coefficient (Wildman–Crippen LogP) is 3.57. The molecule has 19 heavy (non-hydrogen) atoms. The molecule has 1 aliphatic rings. The largest absolute Gasteiger partial charge is 0.322 e. The van der Waals surface area contributed by atoms with Gasteiger partial charge in [0.25, 0.3) is 0 Å². The van der Waals surface area contributed by atoms with E-state index in [0.717, 1.165) is 6.42 Å². The molecule has 0 radical (unpaired) electrons. The SMILES string of the molecule is CCC(C)(C(N)c1ccc(C)cc1C)N1CCCC1. The molecule has 1 aromatic rings. The molecular formula is C17H28N2. The summed E-state index contributed by atoms with van der Waals surface area (Å²) in [4.78, 5) is 2.59. The van der Waals surface area contributed by atoms with Crippen LogP contribution >= 0.6 is 0 Å². The standard InChI is InChI=1S/C17H28N2/c1-5-17(4,19-10-6-7-11-19)16(18)15-9-8-13(2)12-14(15)3/h8-9,12,16H,5-7,10-11,18H2,1-4H3. The molecule has 1 saturated heterocycles. The fourth-order valence-corrected chi connectivity index (χ4v) is 3.38. The smallest absolute Gasteiger partial charge is 0.0481 e. The van der Waals surface area contributed by atoms with Crippen LogP contribution in [0.4, 0.5) is 0 Å². The first-order chi connectivity index (χ1) is 8.99. The van der Waals surface area contributed by atoms with E-state index >= 15 is 0 Å². The molecule has 0 bridgehead atoms. The number of hydrogen-bond acceptors (Lipinski definition) is 2. The van der Waals surface area contributed by atoms with Crippen molar-refractivity contribution in [3.63, 3.8) is 0 Å². The number of likely N-dealkylation sites (tertiary alicyclic amines) is 1. The van der Waals surface area contributed by atoms with Crippen molar-refractivity contribution in [2.45, 2.75) is 58.5 Å². The Balaban J connectivity index is 2.31. The topological polar surface area (TPSA) is 29.3 Å². The van der Waals surface area contributed by atoms with Gasteiger partial charge >= 0.3 is 0 Å². The Kier molecular flexibility index (Phi) is 4.32. The molecule has 0 saturated carbocycles. The molecule has 0 aliphatic carbocycles. The zero-order chi connectivity index (χ0) is 14.0. The van der Waals surface area contributed by atoms with Crippen LogP contribution in [0, 0.1) is 13.8 Å². The van der Waals surface area contributed by atoms with Crippen LogP contribution in [0.2, 0.25) is 0 Å². The van der Waals surface area contributed by atoms with Crippen molar-refractivity contribution in [3.05, 3.63) is 34.9 Å². The molecule has 106 valence electrons. The van der Waals surface area contributed by atoms with Gasteiger partial charge in [0, 0.05) is 11.6 Å². The van der Waals surface area contributed by atoms with Gasteiger partial charge in [-0.2, -0.15) is 0 Å². The molecular weight excluding hydrogens is 232 g/mol. The van der Waals surface area contributed by atoms with Gasteiger partial charge in [0.1, 0.15) is 0 Å². The lowest BCUT2D eigenvalue weighted by Crippen LogP contribution is -2.52. The summed E-state index contributed by atoms with van der Waals surface area (Å²) in [5.74, 6) is 0. The van der Waals surface area contributed by atoms with E-state index < -0.39 is 0 Å². The van der Waals surface area contributed by atoms with Gasteiger partial charge in [-0.05, 0) is 64.3 Å². The van der Waals surface area contributed by atoms with Gasteiger partial charge < -0.3 is 5.73 Å². The first kappa shape index (κ1) is 14.5. The summed E-state index contributed by atoms with van der Waals surface area (Å²) in [5.41, 5.74) is 10.7. The first-order valence-corrected chi connectivity index (χ1v) is 7.57. The van der Waals surface area contributed by atoms with E-state index in [4.69, 9.17) is 5.73 Å². The Hall–Kier alpha value is -0.860. The number of aryl methyl sites for hydroxylation is 2. The monoisotopic (exact) mass is 260 g/mol. The predicted molar refractivity (Wildman–Crippen MR) is 82.3 cm³/mol. The fraction of sp³-hybridized carbons (Fsp3) is 0.647. The number of benzene rings is 1. The Morgan fingerprint density at radius 1 is 1.26 bits per heavy atom. The summed E-state index contributed by atoms with van der Waals surface area (Å²) in [7, 11) is 0. The van der Waals surface area contributed by atoms with Crippen molar-refractivity contribution in [1.82, 2.24) is 4.90 Å². The lowest BCUT2D eigenvalue weighted by molar-refractivity contribution is 0.0998. The molecule has 1 heterocycles.